The number of aromatic nitrogens is 4. The van der Waals surface area contributed by atoms with Crippen LogP contribution >= 0.6 is 15.9 Å². The summed E-state index contributed by atoms with van der Waals surface area (Å²) in [5.74, 6) is 1.13. The maximum Gasteiger partial charge on any atom is 0.265 e. The van der Waals surface area contributed by atoms with Crippen molar-refractivity contribution in [3.63, 3.8) is 0 Å². The molecule has 0 aliphatic rings. The summed E-state index contributed by atoms with van der Waals surface area (Å²) in [7, 11) is 1.63. The number of fused-ring (bicyclic) bond motifs is 3. The van der Waals surface area contributed by atoms with Crippen molar-refractivity contribution in [2.75, 3.05) is 12.5 Å². The van der Waals surface area contributed by atoms with Gasteiger partial charge in [-0.3, -0.25) is 0 Å². The van der Waals surface area contributed by atoms with Gasteiger partial charge in [-0.2, -0.15) is 10.1 Å². The maximum absolute atomic E-state index is 5.23. The Bertz CT molecular complexity index is 1170. The third-order valence-corrected chi connectivity index (χ3v) is 4.99. The normalized spacial score (nSPS) is 11.5. The van der Waals surface area contributed by atoms with Crippen LogP contribution in [0.1, 0.15) is 18.9 Å². The highest BCUT2D eigenvalue weighted by Gasteiger charge is 2.13. The van der Waals surface area contributed by atoms with Gasteiger partial charge in [-0.05, 0) is 52.2 Å². The van der Waals surface area contributed by atoms with Crippen molar-refractivity contribution in [3.05, 3.63) is 52.5 Å². The quantitative estimate of drug-likeness (QED) is 0.351. The van der Waals surface area contributed by atoms with Crippen molar-refractivity contribution in [1.82, 2.24) is 19.7 Å². The lowest BCUT2D eigenvalue weighted by Gasteiger charge is -2.04. The molecule has 142 valence electrons. The maximum atomic E-state index is 5.23. The van der Waals surface area contributed by atoms with Gasteiger partial charge in [0.25, 0.3) is 5.95 Å². The SMILES string of the molecule is CCCn1c2ccccc2c2nnc(N/N=C/c3ccc(OC)c(Br)c3)nc21. The number of nitrogens with zero attached hydrogens (tertiary/aromatic N) is 5. The van der Waals surface area contributed by atoms with Crippen molar-refractivity contribution in [2.45, 2.75) is 19.9 Å². The molecule has 2 heterocycles. The van der Waals surface area contributed by atoms with Crippen LogP contribution in [0.25, 0.3) is 22.1 Å². The lowest BCUT2D eigenvalue weighted by molar-refractivity contribution is 0.412. The van der Waals surface area contributed by atoms with Gasteiger partial charge in [0, 0.05) is 11.9 Å². The molecule has 0 saturated carbocycles. The molecule has 0 saturated heterocycles. The van der Waals surface area contributed by atoms with Crippen LogP contribution in [0.5, 0.6) is 5.75 Å². The predicted octanol–water partition coefficient (Wildman–Crippen LogP) is 4.61. The Morgan fingerprint density at radius 2 is 2.07 bits per heavy atom. The molecule has 2 aromatic carbocycles. The van der Waals surface area contributed by atoms with Crippen LogP contribution in [-0.4, -0.2) is 33.1 Å². The molecule has 0 aliphatic heterocycles. The molecule has 0 atom stereocenters. The van der Waals surface area contributed by atoms with Gasteiger partial charge in [0.05, 0.1) is 23.3 Å². The Hall–Kier alpha value is -3.00. The third kappa shape index (κ3) is 3.43. The van der Waals surface area contributed by atoms with Crippen molar-refractivity contribution in [1.29, 1.82) is 0 Å². The first-order valence-electron chi connectivity index (χ1n) is 8.95. The minimum Gasteiger partial charge on any atom is -0.496 e. The van der Waals surface area contributed by atoms with Crippen LogP contribution in [-0.2, 0) is 6.54 Å². The van der Waals surface area contributed by atoms with E-state index in [9.17, 15) is 0 Å². The number of aryl methyl sites for hydroxylation is 1. The third-order valence-electron chi connectivity index (χ3n) is 4.38. The fourth-order valence-corrected chi connectivity index (χ4v) is 3.69. The highest BCUT2D eigenvalue weighted by Crippen LogP contribution is 2.27. The van der Waals surface area contributed by atoms with E-state index in [4.69, 9.17) is 4.74 Å². The monoisotopic (exact) mass is 438 g/mol. The van der Waals surface area contributed by atoms with E-state index in [2.05, 4.69) is 59.2 Å². The predicted molar refractivity (Wildman–Crippen MR) is 115 cm³/mol. The van der Waals surface area contributed by atoms with Gasteiger partial charge in [0.15, 0.2) is 5.65 Å². The molecule has 0 amide bonds. The minimum atomic E-state index is 0.358. The molecular weight excluding hydrogens is 420 g/mol. The van der Waals surface area contributed by atoms with Crippen LogP contribution in [0.4, 0.5) is 5.95 Å². The van der Waals surface area contributed by atoms with Gasteiger partial charge >= 0.3 is 0 Å². The Morgan fingerprint density at radius 1 is 1.21 bits per heavy atom. The Labute approximate surface area is 170 Å². The average Bonchev–Trinajstić information content (AvgIpc) is 3.02. The number of benzene rings is 2. The number of anilines is 1. The molecule has 4 aromatic rings. The molecule has 0 fully saturated rings. The van der Waals surface area contributed by atoms with Crippen LogP contribution in [0.2, 0.25) is 0 Å². The molecule has 0 spiro atoms. The fraction of sp³-hybridized carbons (Fsp3) is 0.200. The first-order valence-corrected chi connectivity index (χ1v) is 9.75. The van der Waals surface area contributed by atoms with E-state index in [-0.39, 0.29) is 0 Å². The van der Waals surface area contributed by atoms with Crippen LogP contribution < -0.4 is 10.2 Å². The van der Waals surface area contributed by atoms with E-state index in [0.717, 1.165) is 50.8 Å². The molecule has 0 bridgehead atoms. The summed E-state index contributed by atoms with van der Waals surface area (Å²) in [6.45, 7) is 3.01. The van der Waals surface area contributed by atoms with Gasteiger partial charge < -0.3 is 9.30 Å². The summed E-state index contributed by atoms with van der Waals surface area (Å²) in [5, 5.41) is 13.9. The van der Waals surface area contributed by atoms with Crippen LogP contribution in [0.3, 0.4) is 0 Å². The zero-order chi connectivity index (χ0) is 19.5. The number of hydrazone groups is 1. The smallest absolute Gasteiger partial charge is 0.265 e. The molecule has 2 aromatic heterocycles. The molecule has 1 N–H and O–H groups in total. The molecule has 0 unspecified atom stereocenters. The molecular formula is C20H19BrN6O. The lowest BCUT2D eigenvalue weighted by atomic mass is 10.2. The Kier molecular flexibility index (Phi) is 5.21. The van der Waals surface area contributed by atoms with Gasteiger partial charge in [0.2, 0.25) is 0 Å². The van der Waals surface area contributed by atoms with E-state index >= 15 is 0 Å². The van der Waals surface area contributed by atoms with Gasteiger partial charge in [-0.15, -0.1) is 10.2 Å². The summed E-state index contributed by atoms with van der Waals surface area (Å²) >= 11 is 3.47. The highest BCUT2D eigenvalue weighted by atomic mass is 79.9. The van der Waals surface area contributed by atoms with E-state index in [1.807, 2.05) is 36.4 Å². The summed E-state index contributed by atoms with van der Waals surface area (Å²) in [6.07, 6.45) is 2.70. The number of para-hydroxylation sites is 1. The zero-order valence-corrected chi connectivity index (χ0v) is 17.1. The van der Waals surface area contributed by atoms with Gasteiger partial charge in [-0.1, -0.05) is 25.1 Å². The van der Waals surface area contributed by atoms with E-state index in [1.54, 1.807) is 13.3 Å². The van der Waals surface area contributed by atoms with Crippen molar-refractivity contribution in [3.8, 4) is 5.75 Å². The fourth-order valence-electron chi connectivity index (χ4n) is 3.13. The lowest BCUT2D eigenvalue weighted by Crippen LogP contribution is -2.03. The molecule has 8 heteroatoms. The van der Waals surface area contributed by atoms with Crippen molar-refractivity contribution in [2.24, 2.45) is 5.10 Å². The van der Waals surface area contributed by atoms with E-state index in [1.165, 1.54) is 0 Å². The number of ether oxygens (including phenoxy) is 1. The van der Waals surface area contributed by atoms with E-state index < -0.39 is 0 Å². The van der Waals surface area contributed by atoms with Gasteiger partial charge in [-0.25, -0.2) is 5.43 Å². The van der Waals surface area contributed by atoms with Gasteiger partial charge in [0.1, 0.15) is 11.3 Å². The first kappa shape index (κ1) is 18.4. The topological polar surface area (TPSA) is 77.2 Å². The minimum absolute atomic E-state index is 0.358. The standard InChI is InChI=1S/C20H19BrN6O/c1-3-10-27-16-7-5-4-6-14(16)18-19(27)23-20(26-24-18)25-22-12-13-8-9-17(28-2)15(21)11-13/h4-9,11-12H,3,10H2,1-2H3,(H,23,25,26)/b22-12+. The van der Waals surface area contributed by atoms with Crippen molar-refractivity contribution < 1.29 is 4.74 Å². The summed E-state index contributed by atoms with van der Waals surface area (Å²) in [6, 6.07) is 13.9. The Balaban J connectivity index is 1.63. The van der Waals surface area contributed by atoms with E-state index in [0.29, 0.717) is 5.95 Å². The van der Waals surface area contributed by atoms with Crippen molar-refractivity contribution >= 4 is 50.2 Å². The van der Waals surface area contributed by atoms with Crippen LogP contribution in [0, 0.1) is 0 Å². The second-order valence-corrected chi connectivity index (χ2v) is 7.09. The number of methoxy groups -OCH3 is 1. The summed E-state index contributed by atoms with van der Waals surface area (Å²) < 4.78 is 8.27. The Morgan fingerprint density at radius 3 is 2.86 bits per heavy atom. The largest absolute Gasteiger partial charge is 0.496 e. The molecule has 0 radical (unpaired) electrons. The molecule has 28 heavy (non-hydrogen) atoms. The average molecular weight is 439 g/mol. The van der Waals surface area contributed by atoms with Crippen LogP contribution in [0.15, 0.2) is 52.0 Å². The molecule has 7 nitrogen and oxygen atoms in total. The first-order chi connectivity index (χ1) is 13.7. The molecule has 4 rings (SSSR count). The number of hydrogen-bond donors (Lipinski definition) is 1. The number of hydrogen-bond acceptors (Lipinski definition) is 6. The summed E-state index contributed by atoms with van der Waals surface area (Å²) in [4.78, 5) is 4.64. The molecule has 0 aliphatic carbocycles. The summed E-state index contributed by atoms with van der Waals surface area (Å²) in [5.41, 5.74) is 6.51. The number of halogens is 1. The second-order valence-electron chi connectivity index (χ2n) is 6.24. The highest BCUT2D eigenvalue weighted by molar-refractivity contribution is 9.10. The number of rotatable bonds is 6. The zero-order valence-electron chi connectivity index (χ0n) is 15.6. The number of nitrogens with one attached hydrogen (secondary N) is 1. The second kappa shape index (κ2) is 7.93.